The Bertz CT molecular complexity index is 173. The first-order chi connectivity index (χ1) is 6.41. The minimum absolute atomic E-state index is 0.0243. The highest BCUT2D eigenvalue weighted by atomic mass is 19.4. The summed E-state index contributed by atoms with van der Waals surface area (Å²) in [4.78, 5) is 0. The molecule has 0 spiro atoms. The number of nitrogens with one attached hydrogen (secondary N) is 2. The van der Waals surface area contributed by atoms with Crippen molar-refractivity contribution >= 4 is 0 Å². The summed E-state index contributed by atoms with van der Waals surface area (Å²) in [5.41, 5.74) is -0.0243. The maximum absolute atomic E-state index is 11.9. The third-order valence-electron chi connectivity index (χ3n) is 2.56. The summed E-state index contributed by atoms with van der Waals surface area (Å²) >= 11 is 0. The normalized spacial score (nSPS) is 29.1. The van der Waals surface area contributed by atoms with E-state index in [0.717, 1.165) is 25.9 Å². The maximum atomic E-state index is 11.9. The smallest absolute Gasteiger partial charge is 0.316 e. The summed E-state index contributed by atoms with van der Waals surface area (Å²) in [6.45, 7) is 3.34. The topological polar surface area (TPSA) is 24.1 Å². The molecule has 1 saturated heterocycles. The quantitative estimate of drug-likeness (QED) is 0.738. The molecule has 1 fully saturated rings. The Labute approximate surface area is 82.2 Å². The number of hydrogen-bond donors (Lipinski definition) is 2. The molecule has 14 heavy (non-hydrogen) atoms. The molecule has 0 aromatic heterocycles. The largest absolute Gasteiger partial charge is 0.401 e. The minimum atomic E-state index is -4.10. The van der Waals surface area contributed by atoms with E-state index in [4.69, 9.17) is 0 Å². The Kier molecular flexibility index (Phi) is 3.78. The third kappa shape index (κ3) is 4.28. The van der Waals surface area contributed by atoms with E-state index in [1.165, 1.54) is 0 Å². The minimum Gasteiger partial charge on any atom is -0.316 e. The van der Waals surface area contributed by atoms with Gasteiger partial charge in [-0.1, -0.05) is 6.92 Å². The van der Waals surface area contributed by atoms with Crippen LogP contribution in [-0.2, 0) is 0 Å². The molecule has 1 rings (SSSR count). The van der Waals surface area contributed by atoms with E-state index in [1.54, 1.807) is 0 Å². The van der Waals surface area contributed by atoms with E-state index >= 15 is 0 Å². The van der Waals surface area contributed by atoms with Gasteiger partial charge in [0.2, 0.25) is 0 Å². The van der Waals surface area contributed by atoms with E-state index in [0.29, 0.717) is 6.54 Å². The van der Waals surface area contributed by atoms with Crippen molar-refractivity contribution in [2.45, 2.75) is 25.9 Å². The number of rotatable bonds is 3. The highest BCUT2D eigenvalue weighted by molar-refractivity contribution is 4.83. The van der Waals surface area contributed by atoms with Gasteiger partial charge in [-0.3, -0.25) is 0 Å². The van der Waals surface area contributed by atoms with Crippen LogP contribution in [0.4, 0.5) is 13.2 Å². The monoisotopic (exact) mass is 210 g/mol. The van der Waals surface area contributed by atoms with Crippen LogP contribution < -0.4 is 10.6 Å². The fourth-order valence-corrected chi connectivity index (χ4v) is 1.78. The zero-order valence-electron chi connectivity index (χ0n) is 8.38. The molecule has 0 aliphatic carbocycles. The molecular weight excluding hydrogens is 193 g/mol. The SMILES string of the molecule is CC1(CNCC(F)(F)F)CCCNC1. The first-order valence-corrected chi connectivity index (χ1v) is 4.90. The third-order valence-corrected chi connectivity index (χ3v) is 2.56. The molecule has 84 valence electrons. The van der Waals surface area contributed by atoms with Crippen molar-refractivity contribution in [2.24, 2.45) is 5.41 Å². The van der Waals surface area contributed by atoms with Crippen LogP contribution in [0.1, 0.15) is 19.8 Å². The summed E-state index contributed by atoms with van der Waals surface area (Å²) < 4.78 is 35.6. The summed E-state index contributed by atoms with van der Waals surface area (Å²) in [5, 5.41) is 5.67. The molecule has 2 N–H and O–H groups in total. The van der Waals surface area contributed by atoms with Crippen molar-refractivity contribution in [3.05, 3.63) is 0 Å². The maximum Gasteiger partial charge on any atom is 0.401 e. The van der Waals surface area contributed by atoms with Gasteiger partial charge in [-0.05, 0) is 24.8 Å². The Hall–Kier alpha value is -0.290. The van der Waals surface area contributed by atoms with Gasteiger partial charge < -0.3 is 10.6 Å². The Morgan fingerprint density at radius 1 is 1.43 bits per heavy atom. The molecule has 0 aromatic rings. The predicted octanol–water partition coefficient (Wildman–Crippen LogP) is 1.53. The van der Waals surface area contributed by atoms with Crippen molar-refractivity contribution in [3.63, 3.8) is 0 Å². The molecule has 1 aliphatic heterocycles. The molecular formula is C9H17F3N2. The van der Waals surface area contributed by atoms with Crippen LogP contribution in [0.25, 0.3) is 0 Å². The highest BCUT2D eigenvalue weighted by Gasteiger charge is 2.30. The van der Waals surface area contributed by atoms with Gasteiger partial charge in [-0.15, -0.1) is 0 Å². The number of halogens is 3. The van der Waals surface area contributed by atoms with Crippen LogP contribution in [0.2, 0.25) is 0 Å². The van der Waals surface area contributed by atoms with Gasteiger partial charge in [0.05, 0.1) is 6.54 Å². The molecule has 1 unspecified atom stereocenters. The van der Waals surface area contributed by atoms with E-state index in [2.05, 4.69) is 10.6 Å². The van der Waals surface area contributed by atoms with Crippen LogP contribution in [0.15, 0.2) is 0 Å². The second kappa shape index (κ2) is 4.49. The van der Waals surface area contributed by atoms with Gasteiger partial charge in [0.1, 0.15) is 0 Å². The van der Waals surface area contributed by atoms with E-state index in [-0.39, 0.29) is 5.41 Å². The Morgan fingerprint density at radius 2 is 2.14 bits per heavy atom. The zero-order valence-corrected chi connectivity index (χ0v) is 8.38. The Morgan fingerprint density at radius 3 is 2.64 bits per heavy atom. The number of piperidine rings is 1. The summed E-state index contributed by atoms with van der Waals surface area (Å²) in [5.74, 6) is 0. The average Bonchev–Trinajstić information content (AvgIpc) is 2.02. The van der Waals surface area contributed by atoms with E-state index in [1.807, 2.05) is 6.92 Å². The van der Waals surface area contributed by atoms with Crippen LogP contribution in [0.5, 0.6) is 0 Å². The number of hydrogen-bond acceptors (Lipinski definition) is 2. The molecule has 2 nitrogen and oxygen atoms in total. The van der Waals surface area contributed by atoms with Crippen molar-refractivity contribution in [2.75, 3.05) is 26.2 Å². The van der Waals surface area contributed by atoms with E-state index in [9.17, 15) is 13.2 Å². The van der Waals surface area contributed by atoms with Crippen LogP contribution in [0.3, 0.4) is 0 Å². The zero-order chi connectivity index (χ0) is 10.7. The standard InChI is InChI=1S/C9H17F3N2/c1-8(3-2-4-13-5-8)6-14-7-9(10,11)12/h13-14H,2-7H2,1H3. The molecule has 0 bridgehead atoms. The van der Waals surface area contributed by atoms with Crippen LogP contribution in [-0.4, -0.2) is 32.4 Å². The first-order valence-electron chi connectivity index (χ1n) is 4.90. The molecule has 1 atom stereocenters. The Balaban J connectivity index is 2.22. The van der Waals surface area contributed by atoms with E-state index < -0.39 is 12.7 Å². The lowest BCUT2D eigenvalue weighted by molar-refractivity contribution is -0.125. The second-order valence-electron chi connectivity index (χ2n) is 4.31. The van der Waals surface area contributed by atoms with Crippen molar-refractivity contribution in [3.8, 4) is 0 Å². The molecule has 1 heterocycles. The molecule has 0 aromatic carbocycles. The van der Waals surface area contributed by atoms with Gasteiger partial charge in [0.15, 0.2) is 0 Å². The molecule has 1 aliphatic rings. The van der Waals surface area contributed by atoms with Crippen molar-refractivity contribution < 1.29 is 13.2 Å². The van der Waals surface area contributed by atoms with Crippen LogP contribution in [0, 0.1) is 5.41 Å². The fraction of sp³-hybridized carbons (Fsp3) is 1.00. The van der Waals surface area contributed by atoms with Crippen LogP contribution >= 0.6 is 0 Å². The average molecular weight is 210 g/mol. The predicted molar refractivity (Wildman–Crippen MR) is 49.1 cm³/mol. The fourth-order valence-electron chi connectivity index (χ4n) is 1.78. The van der Waals surface area contributed by atoms with Gasteiger partial charge in [0, 0.05) is 13.1 Å². The molecule has 0 radical (unpaired) electrons. The molecule has 0 amide bonds. The van der Waals surface area contributed by atoms with Gasteiger partial charge in [0.25, 0.3) is 0 Å². The van der Waals surface area contributed by atoms with Gasteiger partial charge >= 0.3 is 6.18 Å². The highest BCUT2D eigenvalue weighted by Crippen LogP contribution is 2.24. The molecule has 0 saturated carbocycles. The summed E-state index contributed by atoms with van der Waals surface area (Å²) in [7, 11) is 0. The lowest BCUT2D eigenvalue weighted by Gasteiger charge is -2.34. The molecule has 5 heteroatoms. The lowest BCUT2D eigenvalue weighted by Crippen LogP contribution is -2.46. The lowest BCUT2D eigenvalue weighted by atomic mass is 9.83. The summed E-state index contributed by atoms with van der Waals surface area (Å²) in [6, 6.07) is 0. The van der Waals surface area contributed by atoms with Crippen molar-refractivity contribution in [1.29, 1.82) is 0 Å². The second-order valence-corrected chi connectivity index (χ2v) is 4.31. The number of alkyl halides is 3. The van der Waals surface area contributed by atoms with Crippen molar-refractivity contribution in [1.82, 2.24) is 10.6 Å². The first kappa shape index (κ1) is 11.8. The van der Waals surface area contributed by atoms with Gasteiger partial charge in [-0.25, -0.2) is 0 Å². The van der Waals surface area contributed by atoms with Gasteiger partial charge in [-0.2, -0.15) is 13.2 Å². The summed E-state index contributed by atoms with van der Waals surface area (Å²) in [6.07, 6.45) is -2.06.